The predicted octanol–water partition coefficient (Wildman–Crippen LogP) is 2.79. The van der Waals surface area contributed by atoms with Gasteiger partial charge in [0.25, 0.3) is 0 Å². The molecule has 0 radical (unpaired) electrons. The van der Waals surface area contributed by atoms with Gasteiger partial charge >= 0.3 is 0 Å². The molecule has 0 aromatic carbocycles. The molecule has 3 nitrogen and oxygen atoms in total. The Bertz CT molecular complexity index is 253. The monoisotopic (exact) mass is 254 g/mol. The number of carbonyl (C=O) groups excluding carboxylic acids is 1. The largest absolute Gasteiger partial charge is 0.342 e. The molecule has 1 rings (SSSR count). The number of amides is 1. The maximum Gasteiger partial charge on any atom is 0.225 e. The Hall–Kier alpha value is -0.570. The number of piperidine rings is 1. The minimum absolute atomic E-state index is 0.205. The van der Waals surface area contributed by atoms with Crippen molar-refractivity contribution < 1.29 is 4.79 Å². The van der Waals surface area contributed by atoms with Crippen molar-refractivity contribution in [3.63, 3.8) is 0 Å². The third-order valence-electron chi connectivity index (χ3n) is 4.26. The van der Waals surface area contributed by atoms with E-state index in [-0.39, 0.29) is 12.0 Å². The van der Waals surface area contributed by atoms with Gasteiger partial charge in [-0.25, -0.2) is 0 Å². The first-order chi connectivity index (χ1) is 8.60. The van der Waals surface area contributed by atoms with E-state index in [1.807, 2.05) is 0 Å². The molecular formula is C15H30N2O. The van der Waals surface area contributed by atoms with Gasteiger partial charge in [0.1, 0.15) is 0 Å². The molecule has 0 saturated carbocycles. The van der Waals surface area contributed by atoms with Crippen molar-refractivity contribution in [1.82, 2.24) is 4.90 Å². The van der Waals surface area contributed by atoms with Crippen LogP contribution in [0.3, 0.4) is 0 Å². The highest BCUT2D eigenvalue weighted by Gasteiger charge is 2.28. The molecule has 1 amide bonds. The Balaban J connectivity index is 2.53. The standard InChI is InChI=1S/C15H30N2O/c1-4-6-8-13(5-2)15(18)17-10-7-9-14(11-17)12(3)16/h12-14H,4-11,16H2,1-3H3. The van der Waals surface area contributed by atoms with Crippen molar-refractivity contribution in [3.05, 3.63) is 0 Å². The number of hydrogen-bond donors (Lipinski definition) is 1. The molecule has 1 aliphatic heterocycles. The van der Waals surface area contributed by atoms with Crippen molar-refractivity contribution >= 4 is 5.91 Å². The van der Waals surface area contributed by atoms with Crippen molar-refractivity contribution in [2.75, 3.05) is 13.1 Å². The maximum atomic E-state index is 12.5. The van der Waals surface area contributed by atoms with Crippen LogP contribution in [-0.2, 0) is 4.79 Å². The summed E-state index contributed by atoms with van der Waals surface area (Å²) in [6.07, 6.45) is 6.64. The van der Waals surface area contributed by atoms with Gasteiger partial charge in [-0.2, -0.15) is 0 Å². The van der Waals surface area contributed by atoms with Gasteiger partial charge in [0.15, 0.2) is 0 Å². The van der Waals surface area contributed by atoms with Gasteiger partial charge in [0.2, 0.25) is 5.91 Å². The highest BCUT2D eigenvalue weighted by Crippen LogP contribution is 2.23. The molecule has 1 fully saturated rings. The Morgan fingerprint density at radius 3 is 2.72 bits per heavy atom. The van der Waals surface area contributed by atoms with Crippen LogP contribution < -0.4 is 5.73 Å². The zero-order valence-electron chi connectivity index (χ0n) is 12.3. The van der Waals surface area contributed by atoms with Crippen LogP contribution in [0.25, 0.3) is 0 Å². The predicted molar refractivity (Wildman–Crippen MR) is 76.3 cm³/mol. The van der Waals surface area contributed by atoms with Gasteiger partial charge in [-0.15, -0.1) is 0 Å². The minimum Gasteiger partial charge on any atom is -0.342 e. The van der Waals surface area contributed by atoms with Crippen LogP contribution in [0.15, 0.2) is 0 Å². The van der Waals surface area contributed by atoms with Crippen LogP contribution in [0.5, 0.6) is 0 Å². The van der Waals surface area contributed by atoms with Crippen LogP contribution in [0.4, 0.5) is 0 Å². The van der Waals surface area contributed by atoms with E-state index in [4.69, 9.17) is 5.73 Å². The molecule has 3 heteroatoms. The summed E-state index contributed by atoms with van der Waals surface area (Å²) in [5, 5.41) is 0. The second-order valence-corrected chi connectivity index (χ2v) is 5.79. The SMILES string of the molecule is CCCCC(CC)C(=O)N1CCCC(C(C)N)C1. The number of nitrogens with zero attached hydrogens (tertiary/aromatic N) is 1. The molecular weight excluding hydrogens is 224 g/mol. The summed E-state index contributed by atoms with van der Waals surface area (Å²) >= 11 is 0. The van der Waals surface area contributed by atoms with Gasteiger partial charge in [0.05, 0.1) is 0 Å². The summed E-state index contributed by atoms with van der Waals surface area (Å²) in [7, 11) is 0. The van der Waals surface area contributed by atoms with Gasteiger partial charge in [-0.3, -0.25) is 4.79 Å². The molecule has 1 saturated heterocycles. The van der Waals surface area contributed by atoms with Crippen molar-refractivity contribution in [2.45, 2.75) is 65.3 Å². The maximum absolute atomic E-state index is 12.5. The first-order valence-electron chi connectivity index (χ1n) is 7.64. The minimum atomic E-state index is 0.205. The lowest BCUT2D eigenvalue weighted by atomic mass is 9.90. The molecule has 3 unspecified atom stereocenters. The van der Waals surface area contributed by atoms with E-state index in [2.05, 4.69) is 25.7 Å². The number of rotatable bonds is 6. The molecule has 0 aromatic rings. The Morgan fingerprint density at radius 2 is 2.17 bits per heavy atom. The zero-order valence-corrected chi connectivity index (χ0v) is 12.3. The second kappa shape index (κ2) is 7.78. The number of carbonyl (C=O) groups is 1. The molecule has 2 N–H and O–H groups in total. The van der Waals surface area contributed by atoms with E-state index in [1.54, 1.807) is 0 Å². The van der Waals surface area contributed by atoms with Crippen molar-refractivity contribution in [2.24, 2.45) is 17.6 Å². The molecule has 18 heavy (non-hydrogen) atoms. The summed E-state index contributed by atoms with van der Waals surface area (Å²) < 4.78 is 0. The molecule has 0 bridgehead atoms. The quantitative estimate of drug-likeness (QED) is 0.792. The molecule has 106 valence electrons. The molecule has 3 atom stereocenters. The fourth-order valence-electron chi connectivity index (χ4n) is 2.85. The molecule has 0 aromatic heterocycles. The van der Waals surface area contributed by atoms with Crippen LogP contribution in [0, 0.1) is 11.8 Å². The lowest BCUT2D eigenvalue weighted by Crippen LogP contribution is -2.47. The Morgan fingerprint density at radius 1 is 1.44 bits per heavy atom. The van der Waals surface area contributed by atoms with Gasteiger partial charge in [-0.05, 0) is 38.5 Å². The fraction of sp³-hybridized carbons (Fsp3) is 0.933. The fourth-order valence-corrected chi connectivity index (χ4v) is 2.85. The van der Waals surface area contributed by atoms with Crippen LogP contribution in [0.2, 0.25) is 0 Å². The molecule has 1 heterocycles. The molecule has 0 aliphatic carbocycles. The number of nitrogens with two attached hydrogens (primary N) is 1. The van der Waals surface area contributed by atoms with E-state index in [1.165, 1.54) is 12.8 Å². The highest BCUT2D eigenvalue weighted by molar-refractivity contribution is 5.78. The Labute approximate surface area is 112 Å². The normalized spacial score (nSPS) is 23.8. The topological polar surface area (TPSA) is 46.3 Å². The van der Waals surface area contributed by atoms with Crippen LogP contribution in [0.1, 0.15) is 59.3 Å². The average molecular weight is 254 g/mol. The summed E-state index contributed by atoms with van der Waals surface area (Å²) in [6, 6.07) is 0.205. The first kappa shape index (κ1) is 15.5. The van der Waals surface area contributed by atoms with Crippen LogP contribution in [-0.4, -0.2) is 29.9 Å². The van der Waals surface area contributed by atoms with E-state index in [0.717, 1.165) is 38.8 Å². The van der Waals surface area contributed by atoms with Gasteiger partial charge in [0, 0.05) is 25.0 Å². The zero-order chi connectivity index (χ0) is 13.5. The Kier molecular flexibility index (Phi) is 6.69. The van der Waals surface area contributed by atoms with E-state index < -0.39 is 0 Å². The average Bonchev–Trinajstić information content (AvgIpc) is 2.39. The third kappa shape index (κ3) is 4.27. The lowest BCUT2D eigenvalue weighted by molar-refractivity contribution is -0.137. The van der Waals surface area contributed by atoms with E-state index >= 15 is 0 Å². The number of likely N-dealkylation sites (tertiary alicyclic amines) is 1. The van der Waals surface area contributed by atoms with Gasteiger partial charge in [-0.1, -0.05) is 26.7 Å². The van der Waals surface area contributed by atoms with Gasteiger partial charge < -0.3 is 10.6 Å². The lowest BCUT2D eigenvalue weighted by Gasteiger charge is -2.36. The smallest absolute Gasteiger partial charge is 0.225 e. The summed E-state index contributed by atoms with van der Waals surface area (Å²) in [5.41, 5.74) is 5.98. The van der Waals surface area contributed by atoms with E-state index in [0.29, 0.717) is 11.8 Å². The highest BCUT2D eigenvalue weighted by atomic mass is 16.2. The first-order valence-corrected chi connectivity index (χ1v) is 7.64. The summed E-state index contributed by atoms with van der Waals surface area (Å²) in [4.78, 5) is 14.6. The number of hydrogen-bond acceptors (Lipinski definition) is 2. The summed E-state index contributed by atoms with van der Waals surface area (Å²) in [6.45, 7) is 8.19. The second-order valence-electron chi connectivity index (χ2n) is 5.79. The van der Waals surface area contributed by atoms with Crippen molar-refractivity contribution in [1.29, 1.82) is 0 Å². The summed E-state index contributed by atoms with van der Waals surface area (Å²) in [5.74, 6) is 1.10. The van der Waals surface area contributed by atoms with Crippen LogP contribution >= 0.6 is 0 Å². The van der Waals surface area contributed by atoms with E-state index in [9.17, 15) is 4.79 Å². The van der Waals surface area contributed by atoms with Crippen molar-refractivity contribution in [3.8, 4) is 0 Å². The molecule has 0 spiro atoms. The molecule has 1 aliphatic rings. The third-order valence-corrected chi connectivity index (χ3v) is 4.26. The number of unbranched alkanes of at least 4 members (excludes halogenated alkanes) is 1.